The zero-order chi connectivity index (χ0) is 14.7. The summed E-state index contributed by atoms with van der Waals surface area (Å²) in [4.78, 5) is 24.0. The smallest absolute Gasteiger partial charge is 0.253 e. The molecule has 1 aromatic carbocycles. The lowest BCUT2D eigenvalue weighted by molar-refractivity contribution is -0.121. The number of nitrogens with one attached hydrogen (secondary N) is 1. The largest absolute Gasteiger partial charge is 0.354 e. The van der Waals surface area contributed by atoms with Crippen LogP contribution >= 0.6 is 0 Å². The fourth-order valence-electron chi connectivity index (χ4n) is 2.30. The molecule has 2 rings (SSSR count). The van der Waals surface area contributed by atoms with Crippen LogP contribution in [0.4, 0.5) is 0 Å². The van der Waals surface area contributed by atoms with E-state index in [1.54, 1.807) is 11.5 Å². The van der Waals surface area contributed by atoms with Gasteiger partial charge in [0.05, 0.1) is 5.52 Å². The lowest BCUT2D eigenvalue weighted by Gasteiger charge is -2.12. The molecule has 0 aliphatic heterocycles. The molecule has 4 heteroatoms. The zero-order valence-electron chi connectivity index (χ0n) is 12.1. The number of nitrogens with zero attached hydrogens (tertiary/aromatic N) is 1. The monoisotopic (exact) mass is 272 g/mol. The van der Waals surface area contributed by atoms with E-state index >= 15 is 0 Å². The first-order valence-electron chi connectivity index (χ1n) is 6.87. The molecule has 0 bridgehead atoms. The fourth-order valence-corrected chi connectivity index (χ4v) is 2.30. The van der Waals surface area contributed by atoms with E-state index in [9.17, 15) is 9.59 Å². The van der Waals surface area contributed by atoms with Crippen molar-refractivity contribution in [3.05, 3.63) is 46.2 Å². The van der Waals surface area contributed by atoms with Gasteiger partial charge < -0.3 is 9.88 Å². The summed E-state index contributed by atoms with van der Waals surface area (Å²) in [6.07, 6.45) is 0.311. The number of benzene rings is 1. The molecule has 106 valence electrons. The molecule has 0 saturated carbocycles. The topological polar surface area (TPSA) is 51.1 Å². The van der Waals surface area contributed by atoms with Gasteiger partial charge in [-0.25, -0.2) is 0 Å². The second-order valence-corrected chi connectivity index (χ2v) is 5.32. The standard InChI is InChI=1S/C16H20N2O2/c1-11(2)17-15(19)8-9-18-14-7-5-4-6-13(14)10-12(3)16(18)20/h4-7,10-11H,8-9H2,1-3H3,(H,17,19). The van der Waals surface area contributed by atoms with Crippen LogP contribution in [0.1, 0.15) is 25.8 Å². The summed E-state index contributed by atoms with van der Waals surface area (Å²) in [5.74, 6) is -0.0301. The Kier molecular flexibility index (Phi) is 4.23. The summed E-state index contributed by atoms with van der Waals surface area (Å²) >= 11 is 0. The van der Waals surface area contributed by atoms with Gasteiger partial charge in [-0.1, -0.05) is 18.2 Å². The molecule has 2 aromatic rings. The quantitative estimate of drug-likeness (QED) is 0.928. The van der Waals surface area contributed by atoms with Gasteiger partial charge in [0, 0.05) is 24.6 Å². The third-order valence-electron chi connectivity index (χ3n) is 3.19. The van der Waals surface area contributed by atoms with Crippen LogP contribution in [-0.4, -0.2) is 16.5 Å². The summed E-state index contributed by atoms with van der Waals surface area (Å²) in [7, 11) is 0. The average Bonchev–Trinajstić information content (AvgIpc) is 2.38. The number of para-hydroxylation sites is 1. The predicted molar refractivity (Wildman–Crippen MR) is 80.8 cm³/mol. The number of hydrogen-bond donors (Lipinski definition) is 1. The van der Waals surface area contributed by atoms with E-state index in [1.165, 1.54) is 0 Å². The third kappa shape index (κ3) is 3.07. The van der Waals surface area contributed by atoms with E-state index in [2.05, 4.69) is 5.32 Å². The molecule has 0 spiro atoms. The molecule has 0 saturated heterocycles. The van der Waals surface area contributed by atoms with Gasteiger partial charge in [0.25, 0.3) is 5.56 Å². The van der Waals surface area contributed by atoms with Crippen molar-refractivity contribution in [2.24, 2.45) is 0 Å². The van der Waals surface area contributed by atoms with Crippen LogP contribution in [0.2, 0.25) is 0 Å². The van der Waals surface area contributed by atoms with Crippen LogP contribution in [0.25, 0.3) is 10.9 Å². The highest BCUT2D eigenvalue weighted by atomic mass is 16.2. The van der Waals surface area contributed by atoms with Gasteiger partial charge in [-0.3, -0.25) is 9.59 Å². The van der Waals surface area contributed by atoms with Crippen molar-refractivity contribution in [2.75, 3.05) is 0 Å². The normalized spacial score (nSPS) is 11.0. The van der Waals surface area contributed by atoms with Crippen molar-refractivity contribution >= 4 is 16.8 Å². The SMILES string of the molecule is Cc1cc2ccccc2n(CCC(=O)NC(C)C)c1=O. The molecule has 1 amide bonds. The molecule has 1 heterocycles. The van der Waals surface area contributed by atoms with Crippen LogP contribution in [0.15, 0.2) is 35.1 Å². The molecular weight excluding hydrogens is 252 g/mol. The number of aromatic nitrogens is 1. The van der Waals surface area contributed by atoms with Crippen molar-refractivity contribution in [1.29, 1.82) is 0 Å². The van der Waals surface area contributed by atoms with Crippen LogP contribution in [0.3, 0.4) is 0 Å². The molecule has 1 N–H and O–H groups in total. The van der Waals surface area contributed by atoms with E-state index in [-0.39, 0.29) is 17.5 Å². The van der Waals surface area contributed by atoms with Gasteiger partial charge in [-0.15, -0.1) is 0 Å². The molecule has 1 aromatic heterocycles. The summed E-state index contributed by atoms with van der Waals surface area (Å²) in [5.41, 5.74) is 1.55. The highest BCUT2D eigenvalue weighted by molar-refractivity contribution is 5.80. The lowest BCUT2D eigenvalue weighted by atomic mass is 10.1. The first-order chi connectivity index (χ1) is 9.49. The van der Waals surface area contributed by atoms with Crippen molar-refractivity contribution in [1.82, 2.24) is 9.88 Å². The molecule has 0 aliphatic carbocycles. The predicted octanol–water partition coefficient (Wildman–Crippen LogP) is 2.22. The second kappa shape index (κ2) is 5.90. The van der Waals surface area contributed by atoms with Gasteiger partial charge in [-0.05, 0) is 38.3 Å². The molecule has 20 heavy (non-hydrogen) atoms. The van der Waals surface area contributed by atoms with Gasteiger partial charge in [0.1, 0.15) is 0 Å². The summed E-state index contributed by atoms with van der Waals surface area (Å²) < 4.78 is 1.69. The van der Waals surface area contributed by atoms with E-state index in [1.807, 2.05) is 44.2 Å². The lowest BCUT2D eigenvalue weighted by Crippen LogP contribution is -2.32. The summed E-state index contributed by atoms with van der Waals surface area (Å²) in [6, 6.07) is 9.75. The average molecular weight is 272 g/mol. The molecular formula is C16H20N2O2. The number of carbonyl (C=O) groups is 1. The molecule has 0 unspecified atom stereocenters. The van der Waals surface area contributed by atoms with Crippen molar-refractivity contribution in [3.8, 4) is 0 Å². The van der Waals surface area contributed by atoms with E-state index in [0.29, 0.717) is 18.5 Å². The Balaban J connectivity index is 2.31. The van der Waals surface area contributed by atoms with Crippen molar-refractivity contribution < 1.29 is 4.79 Å². The minimum atomic E-state index is -0.0301. The minimum Gasteiger partial charge on any atom is -0.354 e. The number of carbonyl (C=O) groups excluding carboxylic acids is 1. The van der Waals surface area contributed by atoms with Gasteiger partial charge in [0.15, 0.2) is 0 Å². The molecule has 4 nitrogen and oxygen atoms in total. The number of aryl methyl sites for hydroxylation is 2. The molecule has 0 aliphatic rings. The first kappa shape index (κ1) is 14.3. The van der Waals surface area contributed by atoms with Crippen LogP contribution in [0.5, 0.6) is 0 Å². The van der Waals surface area contributed by atoms with Crippen LogP contribution in [-0.2, 0) is 11.3 Å². The van der Waals surface area contributed by atoms with Gasteiger partial charge >= 0.3 is 0 Å². The van der Waals surface area contributed by atoms with Gasteiger partial charge in [0.2, 0.25) is 5.91 Å². The Hall–Kier alpha value is -2.10. The number of hydrogen-bond acceptors (Lipinski definition) is 2. The van der Waals surface area contributed by atoms with Crippen molar-refractivity contribution in [3.63, 3.8) is 0 Å². The zero-order valence-corrected chi connectivity index (χ0v) is 12.1. The van der Waals surface area contributed by atoms with Crippen LogP contribution < -0.4 is 10.9 Å². The maximum absolute atomic E-state index is 12.2. The number of fused-ring (bicyclic) bond motifs is 1. The van der Waals surface area contributed by atoms with Crippen molar-refractivity contribution in [2.45, 2.75) is 39.8 Å². The first-order valence-corrected chi connectivity index (χ1v) is 6.87. The summed E-state index contributed by atoms with van der Waals surface area (Å²) in [5, 5.41) is 3.86. The maximum atomic E-state index is 12.2. The Labute approximate surface area is 118 Å². The van der Waals surface area contributed by atoms with E-state index in [0.717, 1.165) is 10.9 Å². The minimum absolute atomic E-state index is 0.0268. The number of rotatable bonds is 4. The third-order valence-corrected chi connectivity index (χ3v) is 3.19. The second-order valence-electron chi connectivity index (χ2n) is 5.32. The Bertz CT molecular complexity index is 686. The number of pyridine rings is 1. The Morgan fingerprint density at radius 3 is 2.70 bits per heavy atom. The van der Waals surface area contributed by atoms with E-state index in [4.69, 9.17) is 0 Å². The Morgan fingerprint density at radius 2 is 2.00 bits per heavy atom. The number of amides is 1. The van der Waals surface area contributed by atoms with Gasteiger partial charge in [-0.2, -0.15) is 0 Å². The highest BCUT2D eigenvalue weighted by Gasteiger charge is 2.09. The van der Waals surface area contributed by atoms with E-state index < -0.39 is 0 Å². The Morgan fingerprint density at radius 1 is 1.30 bits per heavy atom. The molecule has 0 atom stereocenters. The molecule has 0 fully saturated rings. The highest BCUT2D eigenvalue weighted by Crippen LogP contribution is 2.13. The fraction of sp³-hybridized carbons (Fsp3) is 0.375. The summed E-state index contributed by atoms with van der Waals surface area (Å²) in [6.45, 7) is 6.05. The van der Waals surface area contributed by atoms with Crippen LogP contribution in [0, 0.1) is 6.92 Å². The molecule has 0 radical (unpaired) electrons. The maximum Gasteiger partial charge on any atom is 0.253 e.